The number of anilines is 3. The third kappa shape index (κ3) is 4.74. The monoisotopic (exact) mass is 416 g/mol. The molecule has 0 atom stereocenters. The van der Waals surface area contributed by atoms with Crippen molar-refractivity contribution in [2.24, 2.45) is 0 Å². The molecule has 29 heavy (non-hydrogen) atoms. The zero-order valence-corrected chi connectivity index (χ0v) is 15.7. The van der Waals surface area contributed by atoms with Gasteiger partial charge in [0.05, 0.1) is 4.92 Å². The maximum atomic E-state index is 13.0. The molecule has 0 radical (unpaired) electrons. The van der Waals surface area contributed by atoms with Crippen LogP contribution in [0.1, 0.15) is 15.9 Å². The largest absolute Gasteiger partial charge is 0.355 e. The molecule has 148 valence electrons. The Morgan fingerprint density at radius 1 is 1.14 bits per heavy atom. The van der Waals surface area contributed by atoms with E-state index in [2.05, 4.69) is 26.1 Å². The fraction of sp³-hybridized carbons (Fsp3) is 0.0556. The van der Waals surface area contributed by atoms with Crippen LogP contribution in [0.2, 0.25) is 5.02 Å². The summed E-state index contributed by atoms with van der Waals surface area (Å²) in [6.45, 7) is 1.80. The highest BCUT2D eigenvalue weighted by Crippen LogP contribution is 2.32. The van der Waals surface area contributed by atoms with Gasteiger partial charge in [0.15, 0.2) is 0 Å². The van der Waals surface area contributed by atoms with Crippen LogP contribution in [0, 0.1) is 22.9 Å². The molecule has 3 N–H and O–H groups in total. The number of carbonyl (C=O) groups is 1. The van der Waals surface area contributed by atoms with Crippen LogP contribution in [0.3, 0.4) is 0 Å². The number of halogens is 2. The Morgan fingerprint density at radius 3 is 2.52 bits per heavy atom. The van der Waals surface area contributed by atoms with Gasteiger partial charge in [0.2, 0.25) is 11.6 Å². The van der Waals surface area contributed by atoms with Crippen molar-refractivity contribution < 1.29 is 14.1 Å². The lowest BCUT2D eigenvalue weighted by Crippen LogP contribution is -2.30. The average molecular weight is 417 g/mol. The number of amides is 1. The second-order valence-electron chi connectivity index (χ2n) is 5.85. The molecule has 0 unspecified atom stereocenters. The first-order chi connectivity index (χ1) is 13.8. The minimum absolute atomic E-state index is 0.0890. The first-order valence-corrected chi connectivity index (χ1v) is 8.57. The molecule has 11 heteroatoms. The van der Waals surface area contributed by atoms with Crippen LogP contribution >= 0.6 is 11.6 Å². The smallest absolute Gasteiger partial charge is 0.334 e. The number of rotatable bonds is 6. The van der Waals surface area contributed by atoms with E-state index in [9.17, 15) is 19.3 Å². The van der Waals surface area contributed by atoms with E-state index in [1.165, 1.54) is 12.1 Å². The van der Waals surface area contributed by atoms with E-state index in [4.69, 9.17) is 11.6 Å². The molecule has 1 amide bonds. The van der Waals surface area contributed by atoms with Crippen molar-refractivity contribution in [3.8, 4) is 0 Å². The Kier molecular flexibility index (Phi) is 5.84. The number of aromatic nitrogens is 2. The molecule has 0 saturated heterocycles. The van der Waals surface area contributed by atoms with Crippen LogP contribution in [0.4, 0.5) is 27.4 Å². The van der Waals surface area contributed by atoms with Crippen LogP contribution in [-0.4, -0.2) is 20.8 Å². The Labute approximate surface area is 169 Å². The minimum Gasteiger partial charge on any atom is -0.334 e. The summed E-state index contributed by atoms with van der Waals surface area (Å²) in [7, 11) is 0. The standard InChI is InChI=1S/C18H14ClFN6O3/c1-10-2-5-12(19)8-14(10)23-16-15(26(28)29)17(22-9-21-16)24-25-18(27)11-3-6-13(20)7-4-11/h2-9H,1H3,(H,25,27)(H2,21,22,23,24). The van der Waals surface area contributed by atoms with Crippen molar-refractivity contribution in [1.82, 2.24) is 15.4 Å². The van der Waals surface area contributed by atoms with Crippen LogP contribution < -0.4 is 16.2 Å². The highest BCUT2D eigenvalue weighted by Gasteiger charge is 2.24. The van der Waals surface area contributed by atoms with E-state index >= 15 is 0 Å². The molecule has 0 spiro atoms. The van der Waals surface area contributed by atoms with E-state index in [-0.39, 0.29) is 17.2 Å². The number of nitrogens with one attached hydrogen (secondary N) is 3. The van der Waals surface area contributed by atoms with Gasteiger partial charge in [-0.05, 0) is 48.9 Å². The molecule has 1 heterocycles. The van der Waals surface area contributed by atoms with Gasteiger partial charge in [-0.3, -0.25) is 25.8 Å². The number of nitrogens with zero attached hydrogens (tertiary/aromatic N) is 3. The number of hydrogen-bond acceptors (Lipinski definition) is 7. The molecule has 0 saturated carbocycles. The predicted octanol–water partition coefficient (Wildman–Crippen LogP) is 3.99. The first kappa shape index (κ1) is 20.0. The van der Waals surface area contributed by atoms with Gasteiger partial charge >= 0.3 is 5.69 Å². The van der Waals surface area contributed by atoms with Gasteiger partial charge in [0.25, 0.3) is 5.91 Å². The fourth-order valence-corrected chi connectivity index (χ4v) is 2.55. The van der Waals surface area contributed by atoms with E-state index in [1.807, 2.05) is 0 Å². The lowest BCUT2D eigenvalue weighted by molar-refractivity contribution is -0.383. The third-order valence-electron chi connectivity index (χ3n) is 3.86. The number of aryl methyl sites for hydroxylation is 1. The summed E-state index contributed by atoms with van der Waals surface area (Å²) in [6, 6.07) is 9.83. The van der Waals surface area contributed by atoms with Crippen LogP contribution in [0.15, 0.2) is 48.8 Å². The molecule has 0 fully saturated rings. The zero-order chi connectivity index (χ0) is 21.0. The Bertz CT molecular complexity index is 1080. The predicted molar refractivity (Wildman–Crippen MR) is 106 cm³/mol. The topological polar surface area (TPSA) is 122 Å². The summed E-state index contributed by atoms with van der Waals surface area (Å²) in [4.78, 5) is 30.8. The quantitative estimate of drug-likeness (QED) is 0.410. The van der Waals surface area contributed by atoms with Gasteiger partial charge in [-0.15, -0.1) is 0 Å². The number of nitro groups is 1. The number of hydrazine groups is 1. The zero-order valence-electron chi connectivity index (χ0n) is 14.9. The average Bonchev–Trinajstić information content (AvgIpc) is 2.69. The van der Waals surface area contributed by atoms with Crippen LogP contribution in [0.5, 0.6) is 0 Å². The van der Waals surface area contributed by atoms with E-state index in [0.29, 0.717) is 10.7 Å². The van der Waals surface area contributed by atoms with Crippen molar-refractivity contribution in [1.29, 1.82) is 0 Å². The van der Waals surface area contributed by atoms with Gasteiger partial charge in [-0.25, -0.2) is 14.4 Å². The number of benzene rings is 2. The fourth-order valence-electron chi connectivity index (χ4n) is 2.38. The maximum absolute atomic E-state index is 13.0. The van der Waals surface area contributed by atoms with Gasteiger partial charge < -0.3 is 5.32 Å². The van der Waals surface area contributed by atoms with Crippen molar-refractivity contribution in [2.45, 2.75) is 6.92 Å². The molecular formula is C18H14ClFN6O3. The normalized spacial score (nSPS) is 10.3. The molecular weight excluding hydrogens is 403 g/mol. The summed E-state index contributed by atoms with van der Waals surface area (Å²) >= 11 is 5.98. The van der Waals surface area contributed by atoms with Crippen LogP contribution in [-0.2, 0) is 0 Å². The summed E-state index contributed by atoms with van der Waals surface area (Å²) in [5, 5.41) is 14.9. The highest BCUT2D eigenvalue weighted by atomic mass is 35.5. The lowest BCUT2D eigenvalue weighted by Gasteiger charge is -2.12. The molecule has 1 aromatic heterocycles. The van der Waals surface area contributed by atoms with Gasteiger partial charge in [-0.2, -0.15) is 0 Å². The van der Waals surface area contributed by atoms with Gasteiger partial charge in [-0.1, -0.05) is 17.7 Å². The summed E-state index contributed by atoms with van der Waals surface area (Å²) in [5.41, 5.74) is 5.69. The van der Waals surface area contributed by atoms with E-state index in [0.717, 1.165) is 24.0 Å². The SMILES string of the molecule is Cc1ccc(Cl)cc1Nc1ncnc(NNC(=O)c2ccc(F)cc2)c1[N+](=O)[O-]. The van der Waals surface area contributed by atoms with Crippen molar-refractivity contribution in [3.63, 3.8) is 0 Å². The van der Waals surface area contributed by atoms with Crippen molar-refractivity contribution >= 4 is 40.5 Å². The molecule has 0 aliphatic carbocycles. The Balaban J connectivity index is 1.85. The molecule has 0 bridgehead atoms. The molecule has 0 aliphatic rings. The highest BCUT2D eigenvalue weighted by molar-refractivity contribution is 6.30. The second-order valence-corrected chi connectivity index (χ2v) is 6.28. The van der Waals surface area contributed by atoms with Crippen molar-refractivity contribution in [3.05, 3.63) is 80.9 Å². The first-order valence-electron chi connectivity index (χ1n) is 8.19. The van der Waals surface area contributed by atoms with Crippen molar-refractivity contribution in [2.75, 3.05) is 10.7 Å². The number of hydrogen-bond donors (Lipinski definition) is 3. The lowest BCUT2D eigenvalue weighted by atomic mass is 10.2. The summed E-state index contributed by atoms with van der Waals surface area (Å²) < 4.78 is 13.0. The minimum atomic E-state index is -0.686. The molecule has 9 nitrogen and oxygen atoms in total. The Hall–Kier alpha value is -3.79. The van der Waals surface area contributed by atoms with Gasteiger partial charge in [0, 0.05) is 16.3 Å². The van der Waals surface area contributed by atoms with Crippen LogP contribution in [0.25, 0.3) is 0 Å². The second kappa shape index (κ2) is 8.48. The molecule has 3 aromatic rings. The van der Waals surface area contributed by atoms with E-state index in [1.54, 1.807) is 25.1 Å². The van der Waals surface area contributed by atoms with Gasteiger partial charge in [0.1, 0.15) is 12.1 Å². The molecule has 2 aromatic carbocycles. The third-order valence-corrected chi connectivity index (χ3v) is 4.09. The molecule has 0 aliphatic heterocycles. The number of carbonyl (C=O) groups excluding carboxylic acids is 1. The Morgan fingerprint density at radius 2 is 1.83 bits per heavy atom. The van der Waals surface area contributed by atoms with E-state index < -0.39 is 22.3 Å². The summed E-state index contributed by atoms with van der Waals surface area (Å²) in [6.07, 6.45) is 1.10. The molecule has 3 rings (SSSR count). The summed E-state index contributed by atoms with van der Waals surface area (Å²) in [5.74, 6) is -1.44. The maximum Gasteiger partial charge on any atom is 0.355 e.